The third kappa shape index (κ3) is 2.47. The topological polar surface area (TPSA) is 0 Å². The van der Waals surface area contributed by atoms with Crippen molar-refractivity contribution in [1.82, 2.24) is 0 Å². The number of rotatable bonds is 4. The molecule has 0 saturated carbocycles. The van der Waals surface area contributed by atoms with Crippen molar-refractivity contribution in [1.29, 1.82) is 0 Å². The van der Waals surface area contributed by atoms with Crippen molar-refractivity contribution >= 4 is 0 Å². The molecule has 0 heteroatoms. The number of allylic oxidation sites excluding steroid dienone is 1. The molecule has 0 N–H and O–H groups in total. The zero-order valence-electron chi connectivity index (χ0n) is 9.51. The van der Waals surface area contributed by atoms with E-state index in [9.17, 15) is 0 Å². The van der Waals surface area contributed by atoms with Crippen LogP contribution in [0.25, 0.3) is 0 Å². The Bertz CT molecular complexity index is 310. The van der Waals surface area contributed by atoms with Crippen LogP contribution in [0, 0.1) is 13.8 Å². The molecule has 1 aromatic carbocycles. The molecule has 0 aliphatic heterocycles. The molecular weight excluding hydrogens is 168 g/mol. The van der Waals surface area contributed by atoms with Crippen LogP contribution in [0.2, 0.25) is 0 Å². The third-order valence-corrected chi connectivity index (χ3v) is 2.95. The normalized spacial score (nSPS) is 12.5. The molecule has 0 saturated heterocycles. The summed E-state index contributed by atoms with van der Waals surface area (Å²) in [4.78, 5) is 0. The van der Waals surface area contributed by atoms with E-state index in [0.717, 1.165) is 6.42 Å². The second kappa shape index (κ2) is 4.99. The quantitative estimate of drug-likeness (QED) is 0.615. The minimum absolute atomic E-state index is 0.645. The lowest BCUT2D eigenvalue weighted by Gasteiger charge is -2.14. The lowest BCUT2D eigenvalue weighted by molar-refractivity contribution is 0.674. The van der Waals surface area contributed by atoms with E-state index in [4.69, 9.17) is 0 Å². The van der Waals surface area contributed by atoms with Gasteiger partial charge in [0, 0.05) is 0 Å². The summed E-state index contributed by atoms with van der Waals surface area (Å²) < 4.78 is 0. The van der Waals surface area contributed by atoms with E-state index in [1.54, 1.807) is 0 Å². The first-order valence-electron chi connectivity index (χ1n) is 5.37. The maximum Gasteiger partial charge on any atom is -0.0130 e. The first-order chi connectivity index (χ1) is 6.69. The van der Waals surface area contributed by atoms with Crippen molar-refractivity contribution in [2.24, 2.45) is 0 Å². The molecule has 1 atom stereocenters. The summed E-state index contributed by atoms with van der Waals surface area (Å²) in [5.41, 5.74) is 4.22. The van der Waals surface area contributed by atoms with Gasteiger partial charge in [-0.15, -0.1) is 6.58 Å². The molecular formula is C14H20. The average Bonchev–Trinajstić information content (AvgIpc) is 2.19. The Morgan fingerprint density at radius 1 is 1.29 bits per heavy atom. The summed E-state index contributed by atoms with van der Waals surface area (Å²) in [6.07, 6.45) is 4.29. The molecule has 76 valence electrons. The maximum absolute atomic E-state index is 3.81. The van der Waals surface area contributed by atoms with E-state index >= 15 is 0 Å². The summed E-state index contributed by atoms with van der Waals surface area (Å²) in [7, 11) is 0. The fourth-order valence-electron chi connectivity index (χ4n) is 1.76. The molecule has 0 heterocycles. The van der Waals surface area contributed by atoms with Crippen LogP contribution in [0.1, 0.15) is 42.4 Å². The van der Waals surface area contributed by atoms with Crippen molar-refractivity contribution in [2.45, 2.75) is 39.5 Å². The van der Waals surface area contributed by atoms with Crippen LogP contribution in [0.4, 0.5) is 0 Å². The van der Waals surface area contributed by atoms with Gasteiger partial charge in [-0.25, -0.2) is 0 Å². The highest BCUT2D eigenvalue weighted by Gasteiger charge is 2.07. The second-order valence-electron chi connectivity index (χ2n) is 3.97. The zero-order valence-corrected chi connectivity index (χ0v) is 9.51. The molecule has 0 aromatic heterocycles. The molecule has 0 nitrogen and oxygen atoms in total. The van der Waals surface area contributed by atoms with E-state index in [-0.39, 0.29) is 0 Å². The molecule has 0 amide bonds. The van der Waals surface area contributed by atoms with Crippen LogP contribution >= 0.6 is 0 Å². The van der Waals surface area contributed by atoms with Crippen molar-refractivity contribution in [3.63, 3.8) is 0 Å². The van der Waals surface area contributed by atoms with Gasteiger partial charge in [-0.1, -0.05) is 31.2 Å². The number of hydrogen-bond donors (Lipinski definition) is 0. The highest BCUT2D eigenvalue weighted by atomic mass is 14.1. The minimum atomic E-state index is 0.645. The van der Waals surface area contributed by atoms with Crippen LogP contribution in [-0.4, -0.2) is 0 Å². The van der Waals surface area contributed by atoms with Gasteiger partial charge < -0.3 is 0 Å². The fourth-order valence-corrected chi connectivity index (χ4v) is 1.76. The highest BCUT2D eigenvalue weighted by molar-refractivity contribution is 5.32. The van der Waals surface area contributed by atoms with E-state index in [2.05, 4.69) is 45.5 Å². The Balaban J connectivity index is 2.93. The van der Waals surface area contributed by atoms with Crippen molar-refractivity contribution < 1.29 is 0 Å². The van der Waals surface area contributed by atoms with Gasteiger partial charge >= 0.3 is 0 Å². The highest BCUT2D eigenvalue weighted by Crippen LogP contribution is 2.25. The third-order valence-electron chi connectivity index (χ3n) is 2.95. The minimum Gasteiger partial charge on any atom is -0.103 e. The first kappa shape index (κ1) is 11.0. The first-order valence-corrected chi connectivity index (χ1v) is 5.37. The lowest BCUT2D eigenvalue weighted by Crippen LogP contribution is -1.96. The Labute approximate surface area is 87.7 Å². The molecule has 0 aliphatic carbocycles. The molecule has 0 aliphatic rings. The largest absolute Gasteiger partial charge is 0.103 e. The van der Waals surface area contributed by atoms with Gasteiger partial charge in [-0.2, -0.15) is 0 Å². The smallest absolute Gasteiger partial charge is 0.0130 e. The number of benzene rings is 1. The van der Waals surface area contributed by atoms with Crippen LogP contribution in [0.5, 0.6) is 0 Å². The molecule has 0 fully saturated rings. The van der Waals surface area contributed by atoms with Crippen molar-refractivity contribution in [3.05, 3.63) is 47.5 Å². The van der Waals surface area contributed by atoms with Crippen LogP contribution in [0.3, 0.4) is 0 Å². The summed E-state index contributed by atoms with van der Waals surface area (Å²) >= 11 is 0. The Kier molecular flexibility index (Phi) is 3.94. The molecule has 1 aromatic rings. The fraction of sp³-hybridized carbons (Fsp3) is 0.429. The van der Waals surface area contributed by atoms with E-state index in [1.165, 1.54) is 23.1 Å². The van der Waals surface area contributed by atoms with Crippen LogP contribution < -0.4 is 0 Å². The molecule has 1 rings (SSSR count). The van der Waals surface area contributed by atoms with Gasteiger partial charge in [0.25, 0.3) is 0 Å². The standard InChI is InChI=1S/C14H20/c1-5-7-13(6-2)14-9-8-11(3)12(4)10-14/h5,8-10,13H,1,6-7H2,2-4H3. The van der Waals surface area contributed by atoms with Gasteiger partial charge in [-0.05, 0) is 49.3 Å². The monoisotopic (exact) mass is 188 g/mol. The summed E-state index contributed by atoms with van der Waals surface area (Å²) in [6.45, 7) is 10.4. The summed E-state index contributed by atoms with van der Waals surface area (Å²) in [6, 6.07) is 6.78. The van der Waals surface area contributed by atoms with Crippen molar-refractivity contribution in [3.8, 4) is 0 Å². The Morgan fingerprint density at radius 3 is 2.50 bits per heavy atom. The summed E-state index contributed by atoms with van der Waals surface area (Å²) in [5, 5.41) is 0. The predicted octanol–water partition coefficient (Wildman–Crippen LogP) is 4.37. The van der Waals surface area contributed by atoms with Gasteiger partial charge in [-0.3, -0.25) is 0 Å². The second-order valence-corrected chi connectivity index (χ2v) is 3.97. The SMILES string of the molecule is C=CCC(CC)c1ccc(C)c(C)c1. The number of hydrogen-bond acceptors (Lipinski definition) is 0. The van der Waals surface area contributed by atoms with Gasteiger partial charge in [0.05, 0.1) is 0 Å². The maximum atomic E-state index is 3.81. The predicted molar refractivity (Wildman–Crippen MR) is 63.8 cm³/mol. The lowest BCUT2D eigenvalue weighted by atomic mass is 9.91. The summed E-state index contributed by atoms with van der Waals surface area (Å²) in [5.74, 6) is 0.645. The molecule has 0 bridgehead atoms. The van der Waals surface area contributed by atoms with Gasteiger partial charge in [0.1, 0.15) is 0 Å². The van der Waals surface area contributed by atoms with Crippen LogP contribution in [0.15, 0.2) is 30.9 Å². The molecule has 1 unspecified atom stereocenters. The average molecular weight is 188 g/mol. The molecule has 0 spiro atoms. The number of aryl methyl sites for hydroxylation is 2. The van der Waals surface area contributed by atoms with E-state index < -0.39 is 0 Å². The Morgan fingerprint density at radius 2 is 2.00 bits per heavy atom. The van der Waals surface area contributed by atoms with Crippen molar-refractivity contribution in [2.75, 3.05) is 0 Å². The Hall–Kier alpha value is -1.04. The zero-order chi connectivity index (χ0) is 10.6. The molecule has 0 radical (unpaired) electrons. The van der Waals surface area contributed by atoms with Gasteiger partial charge in [0.15, 0.2) is 0 Å². The van der Waals surface area contributed by atoms with Crippen LogP contribution in [-0.2, 0) is 0 Å². The van der Waals surface area contributed by atoms with Gasteiger partial charge in [0.2, 0.25) is 0 Å². The van der Waals surface area contributed by atoms with E-state index in [0.29, 0.717) is 5.92 Å². The van der Waals surface area contributed by atoms with E-state index in [1.807, 2.05) is 6.08 Å². The molecule has 14 heavy (non-hydrogen) atoms.